The van der Waals surface area contributed by atoms with E-state index in [1.165, 1.54) is 24.5 Å². The van der Waals surface area contributed by atoms with Crippen molar-refractivity contribution in [3.63, 3.8) is 0 Å². The second-order valence-electron chi connectivity index (χ2n) is 4.46. The van der Waals surface area contributed by atoms with Crippen LogP contribution in [-0.2, 0) is 0 Å². The van der Waals surface area contributed by atoms with E-state index >= 15 is 0 Å². The molecule has 1 aliphatic carbocycles. The van der Waals surface area contributed by atoms with Crippen LogP contribution in [0.25, 0.3) is 0 Å². The van der Waals surface area contributed by atoms with Crippen molar-refractivity contribution in [2.75, 3.05) is 13.1 Å². The van der Waals surface area contributed by atoms with E-state index in [-0.39, 0.29) is 0 Å². The van der Waals surface area contributed by atoms with E-state index in [0.717, 1.165) is 17.9 Å². The highest BCUT2D eigenvalue weighted by atomic mass is 15.1. The SMILES string of the molecule is Cc1ccc(C)n1C1C2CNCC21. The number of rotatable bonds is 1. The average Bonchev–Trinajstić information content (AvgIpc) is 2.51. The lowest BCUT2D eigenvalue weighted by atomic mass is 10.4. The van der Waals surface area contributed by atoms with Crippen LogP contribution < -0.4 is 5.32 Å². The zero-order valence-electron chi connectivity index (χ0n) is 8.25. The maximum Gasteiger partial charge on any atom is 0.0424 e. The number of piperidine rings is 1. The van der Waals surface area contributed by atoms with Gasteiger partial charge in [-0.25, -0.2) is 0 Å². The largest absolute Gasteiger partial charge is 0.345 e. The van der Waals surface area contributed by atoms with Crippen LogP contribution in [0.1, 0.15) is 17.4 Å². The summed E-state index contributed by atoms with van der Waals surface area (Å²) in [7, 11) is 0. The Kier molecular flexibility index (Phi) is 1.40. The number of aromatic nitrogens is 1. The van der Waals surface area contributed by atoms with Gasteiger partial charge in [-0.2, -0.15) is 0 Å². The topological polar surface area (TPSA) is 17.0 Å². The molecule has 2 unspecified atom stereocenters. The number of hydrogen-bond acceptors (Lipinski definition) is 1. The van der Waals surface area contributed by atoms with Gasteiger partial charge in [-0.05, 0) is 37.8 Å². The minimum Gasteiger partial charge on any atom is -0.345 e. The fourth-order valence-corrected chi connectivity index (χ4v) is 2.92. The minimum atomic E-state index is 0.816. The second kappa shape index (κ2) is 2.38. The molecule has 1 saturated carbocycles. The minimum absolute atomic E-state index is 0.816. The Balaban J connectivity index is 1.94. The third-order valence-corrected chi connectivity index (χ3v) is 3.67. The maximum absolute atomic E-state index is 3.44. The van der Waals surface area contributed by atoms with Gasteiger partial charge in [0.15, 0.2) is 0 Å². The summed E-state index contributed by atoms with van der Waals surface area (Å²) in [5.74, 6) is 1.84. The quantitative estimate of drug-likeness (QED) is 0.686. The zero-order valence-corrected chi connectivity index (χ0v) is 8.25. The highest BCUT2D eigenvalue weighted by Crippen LogP contribution is 2.53. The van der Waals surface area contributed by atoms with Gasteiger partial charge in [-0.1, -0.05) is 0 Å². The predicted octanol–water partition coefficient (Wildman–Crippen LogP) is 1.50. The first-order valence-electron chi connectivity index (χ1n) is 5.14. The Bertz CT molecular complexity index is 310. The maximum atomic E-state index is 3.44. The Hall–Kier alpha value is -0.760. The van der Waals surface area contributed by atoms with Crippen LogP contribution in [0.15, 0.2) is 12.1 Å². The van der Waals surface area contributed by atoms with Crippen molar-refractivity contribution in [3.05, 3.63) is 23.5 Å². The van der Waals surface area contributed by atoms with Gasteiger partial charge in [-0.3, -0.25) is 0 Å². The van der Waals surface area contributed by atoms with Gasteiger partial charge < -0.3 is 9.88 Å². The summed E-state index contributed by atoms with van der Waals surface area (Å²) in [6.45, 7) is 6.89. The van der Waals surface area contributed by atoms with Crippen LogP contribution in [0.2, 0.25) is 0 Å². The molecule has 0 spiro atoms. The number of hydrogen-bond donors (Lipinski definition) is 1. The Labute approximate surface area is 78.9 Å². The van der Waals surface area contributed by atoms with Crippen LogP contribution in [0.3, 0.4) is 0 Å². The van der Waals surface area contributed by atoms with E-state index in [1.807, 2.05) is 0 Å². The van der Waals surface area contributed by atoms with E-state index in [9.17, 15) is 0 Å². The molecule has 0 amide bonds. The molecule has 0 radical (unpaired) electrons. The van der Waals surface area contributed by atoms with E-state index < -0.39 is 0 Å². The van der Waals surface area contributed by atoms with Gasteiger partial charge in [0.1, 0.15) is 0 Å². The first kappa shape index (κ1) is 7.63. The smallest absolute Gasteiger partial charge is 0.0424 e. The van der Waals surface area contributed by atoms with Gasteiger partial charge in [0.25, 0.3) is 0 Å². The van der Waals surface area contributed by atoms with Crippen LogP contribution in [0.4, 0.5) is 0 Å². The number of nitrogens with one attached hydrogen (secondary N) is 1. The third kappa shape index (κ3) is 0.923. The van der Waals surface area contributed by atoms with Gasteiger partial charge in [0.2, 0.25) is 0 Å². The van der Waals surface area contributed by atoms with Crippen LogP contribution in [0, 0.1) is 25.7 Å². The Morgan fingerprint density at radius 1 is 1.15 bits per heavy atom. The molecule has 1 saturated heterocycles. The summed E-state index contributed by atoms with van der Waals surface area (Å²) in [6.07, 6.45) is 0. The normalized spacial score (nSPS) is 36.3. The molecule has 1 aliphatic heterocycles. The van der Waals surface area contributed by atoms with Crippen LogP contribution in [0.5, 0.6) is 0 Å². The van der Waals surface area contributed by atoms with Crippen molar-refractivity contribution >= 4 is 0 Å². The monoisotopic (exact) mass is 176 g/mol. The molecule has 1 N–H and O–H groups in total. The van der Waals surface area contributed by atoms with Crippen molar-refractivity contribution in [2.45, 2.75) is 19.9 Å². The summed E-state index contributed by atoms with van der Waals surface area (Å²) in [5, 5.41) is 3.44. The Morgan fingerprint density at radius 3 is 2.23 bits per heavy atom. The van der Waals surface area contributed by atoms with E-state index in [0.29, 0.717) is 0 Å². The van der Waals surface area contributed by atoms with E-state index in [2.05, 4.69) is 35.9 Å². The molecule has 2 aliphatic rings. The molecular formula is C11H16N2. The molecule has 0 aromatic carbocycles. The summed E-state index contributed by atoms with van der Waals surface area (Å²) in [5.41, 5.74) is 2.86. The van der Waals surface area contributed by atoms with Gasteiger partial charge >= 0.3 is 0 Å². The first-order chi connectivity index (χ1) is 6.29. The summed E-state index contributed by atoms with van der Waals surface area (Å²) in [4.78, 5) is 0. The predicted molar refractivity (Wildman–Crippen MR) is 52.8 cm³/mol. The summed E-state index contributed by atoms with van der Waals surface area (Å²) in [6, 6.07) is 5.28. The third-order valence-electron chi connectivity index (χ3n) is 3.67. The fraction of sp³-hybridized carbons (Fsp3) is 0.636. The average molecular weight is 176 g/mol. The molecule has 1 aromatic rings. The molecule has 3 rings (SSSR count). The Morgan fingerprint density at radius 2 is 1.69 bits per heavy atom. The first-order valence-corrected chi connectivity index (χ1v) is 5.14. The van der Waals surface area contributed by atoms with Gasteiger partial charge in [-0.15, -0.1) is 0 Å². The number of fused-ring (bicyclic) bond motifs is 1. The fourth-order valence-electron chi connectivity index (χ4n) is 2.92. The lowest BCUT2D eigenvalue weighted by molar-refractivity contribution is 0.553. The molecule has 2 heterocycles. The summed E-state index contributed by atoms with van der Waals surface area (Å²) < 4.78 is 2.52. The highest BCUT2D eigenvalue weighted by Gasteiger charge is 2.54. The molecule has 70 valence electrons. The van der Waals surface area contributed by atoms with Crippen molar-refractivity contribution in [2.24, 2.45) is 11.8 Å². The molecule has 2 heteroatoms. The summed E-state index contributed by atoms with van der Waals surface area (Å²) >= 11 is 0. The molecule has 2 fully saturated rings. The molecular weight excluding hydrogens is 160 g/mol. The van der Waals surface area contributed by atoms with Crippen molar-refractivity contribution in [3.8, 4) is 0 Å². The molecule has 1 aromatic heterocycles. The van der Waals surface area contributed by atoms with Crippen molar-refractivity contribution < 1.29 is 0 Å². The van der Waals surface area contributed by atoms with Crippen LogP contribution in [-0.4, -0.2) is 17.7 Å². The molecule has 2 atom stereocenters. The second-order valence-corrected chi connectivity index (χ2v) is 4.46. The molecule has 2 nitrogen and oxygen atoms in total. The van der Waals surface area contributed by atoms with Crippen LogP contribution >= 0.6 is 0 Å². The van der Waals surface area contributed by atoms with E-state index in [1.54, 1.807) is 0 Å². The standard InChI is InChI=1S/C11H16N2/c1-7-3-4-8(2)13(7)11-9-5-12-6-10(9)11/h3-4,9-12H,5-6H2,1-2H3. The van der Waals surface area contributed by atoms with Gasteiger partial charge in [0.05, 0.1) is 0 Å². The molecule has 13 heavy (non-hydrogen) atoms. The lowest BCUT2D eigenvalue weighted by Gasteiger charge is -2.11. The lowest BCUT2D eigenvalue weighted by Crippen LogP contribution is -2.17. The highest BCUT2D eigenvalue weighted by molar-refractivity contribution is 5.21. The van der Waals surface area contributed by atoms with Gasteiger partial charge in [0, 0.05) is 30.5 Å². The number of nitrogens with zero attached hydrogens (tertiary/aromatic N) is 1. The zero-order chi connectivity index (χ0) is 9.00. The van der Waals surface area contributed by atoms with E-state index in [4.69, 9.17) is 0 Å². The van der Waals surface area contributed by atoms with Crippen molar-refractivity contribution in [1.82, 2.24) is 9.88 Å². The number of aryl methyl sites for hydroxylation is 2. The molecule has 0 bridgehead atoms. The van der Waals surface area contributed by atoms with Crippen molar-refractivity contribution in [1.29, 1.82) is 0 Å².